The first-order chi connectivity index (χ1) is 8.59. The van der Waals surface area contributed by atoms with E-state index in [-0.39, 0.29) is 25.8 Å². The molecule has 1 aromatic rings. The second-order valence-electron chi connectivity index (χ2n) is 3.58. The molecule has 0 aliphatic heterocycles. The number of hydrogen-bond donors (Lipinski definition) is 4. The molecular formula is C10H16N4O4. The highest BCUT2D eigenvalue weighted by molar-refractivity contribution is 5.73. The molecule has 4 N–H and O–H groups in total. The molecule has 2 amide bonds. The number of aliphatic carboxylic acids is 1. The number of rotatable bonds is 7. The van der Waals surface area contributed by atoms with Crippen molar-refractivity contribution >= 4 is 12.0 Å². The molecule has 0 unspecified atom stereocenters. The molecule has 8 heteroatoms. The van der Waals surface area contributed by atoms with Crippen LogP contribution in [0.2, 0.25) is 0 Å². The minimum atomic E-state index is -1.03. The van der Waals surface area contributed by atoms with Gasteiger partial charge in [-0.2, -0.15) is 5.10 Å². The molecule has 0 radical (unpaired) electrons. The second kappa shape index (κ2) is 7.28. The number of aryl methyl sites for hydroxylation is 1. The van der Waals surface area contributed by atoms with E-state index in [1.807, 2.05) is 6.92 Å². The number of carboxylic acid groups (broad SMARTS) is 1. The molecule has 100 valence electrons. The van der Waals surface area contributed by atoms with Gasteiger partial charge in [0.05, 0.1) is 12.8 Å². The van der Waals surface area contributed by atoms with Crippen LogP contribution < -0.4 is 10.6 Å². The Morgan fingerprint density at radius 2 is 2.28 bits per heavy atom. The van der Waals surface area contributed by atoms with Crippen molar-refractivity contribution in [2.45, 2.75) is 13.5 Å². The first kappa shape index (κ1) is 14.0. The lowest BCUT2D eigenvalue weighted by Crippen LogP contribution is -2.37. The van der Waals surface area contributed by atoms with Crippen molar-refractivity contribution in [2.24, 2.45) is 0 Å². The fraction of sp³-hybridized carbons (Fsp3) is 0.500. The topological polar surface area (TPSA) is 116 Å². The molecule has 1 aromatic heterocycles. The predicted octanol–water partition coefficient (Wildman–Crippen LogP) is -0.381. The Labute approximate surface area is 104 Å². The van der Waals surface area contributed by atoms with E-state index in [4.69, 9.17) is 9.84 Å². The van der Waals surface area contributed by atoms with Gasteiger partial charge in [-0.25, -0.2) is 9.59 Å². The minimum absolute atomic E-state index is 0.157. The second-order valence-corrected chi connectivity index (χ2v) is 3.58. The Kier molecular flexibility index (Phi) is 5.65. The van der Waals surface area contributed by atoms with Gasteiger partial charge in [0.2, 0.25) is 0 Å². The number of nitrogens with zero attached hydrogens (tertiary/aromatic N) is 1. The molecule has 0 aliphatic carbocycles. The number of aromatic amines is 1. The summed E-state index contributed by atoms with van der Waals surface area (Å²) in [5.74, 6) is -1.03. The predicted molar refractivity (Wildman–Crippen MR) is 62.0 cm³/mol. The van der Waals surface area contributed by atoms with Crippen LogP contribution in [-0.4, -0.2) is 47.1 Å². The van der Waals surface area contributed by atoms with Crippen molar-refractivity contribution in [1.82, 2.24) is 20.8 Å². The standard InChI is InChI=1S/C10H16N4O4/c1-7-8(5-13-14-7)4-12-10(17)11-2-3-18-6-9(15)16/h5H,2-4,6H2,1H3,(H,13,14)(H,15,16)(H2,11,12,17). The molecule has 8 nitrogen and oxygen atoms in total. The SMILES string of the molecule is Cc1[nH]ncc1CNC(=O)NCCOCC(=O)O. The average Bonchev–Trinajstić information content (AvgIpc) is 2.71. The van der Waals surface area contributed by atoms with E-state index in [1.165, 1.54) is 0 Å². The van der Waals surface area contributed by atoms with Crippen LogP contribution in [0, 0.1) is 6.92 Å². The van der Waals surface area contributed by atoms with Crippen molar-refractivity contribution in [3.05, 3.63) is 17.5 Å². The molecule has 0 bridgehead atoms. The van der Waals surface area contributed by atoms with Gasteiger partial charge in [0.1, 0.15) is 6.61 Å². The van der Waals surface area contributed by atoms with Crippen molar-refractivity contribution in [3.63, 3.8) is 0 Å². The maximum atomic E-state index is 11.3. The fourth-order valence-corrected chi connectivity index (χ4v) is 1.19. The Balaban J connectivity index is 2.07. The lowest BCUT2D eigenvalue weighted by Gasteiger charge is -2.07. The van der Waals surface area contributed by atoms with Crippen molar-refractivity contribution in [1.29, 1.82) is 0 Å². The number of urea groups is 1. The van der Waals surface area contributed by atoms with Crippen LogP contribution in [-0.2, 0) is 16.1 Å². The summed E-state index contributed by atoms with van der Waals surface area (Å²) in [6.45, 7) is 2.29. The highest BCUT2D eigenvalue weighted by atomic mass is 16.5. The Morgan fingerprint density at radius 3 is 2.89 bits per heavy atom. The summed E-state index contributed by atoms with van der Waals surface area (Å²) >= 11 is 0. The van der Waals surface area contributed by atoms with Crippen LogP contribution >= 0.6 is 0 Å². The summed E-state index contributed by atoms with van der Waals surface area (Å²) in [5.41, 5.74) is 1.81. The number of hydrogen-bond acceptors (Lipinski definition) is 4. The van der Waals surface area contributed by atoms with Crippen molar-refractivity contribution in [3.8, 4) is 0 Å². The average molecular weight is 256 g/mol. The molecule has 18 heavy (non-hydrogen) atoms. The summed E-state index contributed by atoms with van der Waals surface area (Å²) in [6, 6.07) is -0.338. The van der Waals surface area contributed by atoms with Gasteiger partial charge in [0.25, 0.3) is 0 Å². The van der Waals surface area contributed by atoms with E-state index >= 15 is 0 Å². The van der Waals surface area contributed by atoms with Crippen LogP contribution in [0.5, 0.6) is 0 Å². The van der Waals surface area contributed by atoms with E-state index in [9.17, 15) is 9.59 Å². The third kappa shape index (κ3) is 5.30. The largest absolute Gasteiger partial charge is 0.480 e. The van der Waals surface area contributed by atoms with Gasteiger partial charge in [-0.05, 0) is 6.92 Å². The third-order valence-electron chi connectivity index (χ3n) is 2.13. The number of H-pyrrole nitrogens is 1. The van der Waals surface area contributed by atoms with E-state index in [0.717, 1.165) is 11.3 Å². The normalized spacial score (nSPS) is 10.1. The Bertz CT molecular complexity index is 404. The summed E-state index contributed by atoms with van der Waals surface area (Å²) in [6.07, 6.45) is 1.64. The minimum Gasteiger partial charge on any atom is -0.480 e. The van der Waals surface area contributed by atoms with Gasteiger partial charge >= 0.3 is 12.0 Å². The number of aromatic nitrogens is 2. The molecule has 0 aliphatic rings. The van der Waals surface area contributed by atoms with Crippen LogP contribution in [0.25, 0.3) is 0 Å². The first-order valence-corrected chi connectivity index (χ1v) is 5.39. The number of nitrogens with one attached hydrogen (secondary N) is 3. The fourth-order valence-electron chi connectivity index (χ4n) is 1.19. The van der Waals surface area contributed by atoms with Crippen molar-refractivity contribution in [2.75, 3.05) is 19.8 Å². The zero-order valence-electron chi connectivity index (χ0n) is 10.0. The summed E-state index contributed by atoms with van der Waals surface area (Å²) < 4.78 is 4.76. The Hall–Kier alpha value is -2.09. The molecule has 0 saturated heterocycles. The number of carbonyl (C=O) groups excluding carboxylic acids is 1. The molecule has 0 spiro atoms. The van der Waals surface area contributed by atoms with Crippen LogP contribution in [0.1, 0.15) is 11.3 Å². The molecule has 1 heterocycles. The summed E-state index contributed by atoms with van der Waals surface area (Å²) in [4.78, 5) is 21.5. The van der Waals surface area contributed by atoms with Crippen LogP contribution in [0.3, 0.4) is 0 Å². The number of carbonyl (C=O) groups is 2. The highest BCUT2D eigenvalue weighted by Gasteiger charge is 2.03. The molecule has 0 aromatic carbocycles. The van der Waals surface area contributed by atoms with Gasteiger partial charge in [-0.3, -0.25) is 5.10 Å². The third-order valence-corrected chi connectivity index (χ3v) is 2.13. The van der Waals surface area contributed by atoms with Gasteiger partial charge < -0.3 is 20.5 Å². The highest BCUT2D eigenvalue weighted by Crippen LogP contribution is 2.00. The van der Waals surface area contributed by atoms with Crippen molar-refractivity contribution < 1.29 is 19.4 Å². The van der Waals surface area contributed by atoms with E-state index in [0.29, 0.717) is 6.54 Å². The van der Waals surface area contributed by atoms with Crippen LogP contribution in [0.4, 0.5) is 4.79 Å². The number of ether oxygens (including phenoxy) is 1. The smallest absolute Gasteiger partial charge is 0.329 e. The molecule has 1 rings (SSSR count). The van der Waals surface area contributed by atoms with Gasteiger partial charge in [-0.15, -0.1) is 0 Å². The quantitative estimate of drug-likeness (QED) is 0.496. The van der Waals surface area contributed by atoms with Gasteiger partial charge in [0, 0.05) is 24.3 Å². The summed E-state index contributed by atoms with van der Waals surface area (Å²) in [5, 5.41) is 20.1. The zero-order valence-corrected chi connectivity index (χ0v) is 10.0. The molecular weight excluding hydrogens is 240 g/mol. The maximum Gasteiger partial charge on any atom is 0.329 e. The lowest BCUT2D eigenvalue weighted by molar-refractivity contribution is -0.142. The first-order valence-electron chi connectivity index (χ1n) is 5.39. The lowest BCUT2D eigenvalue weighted by atomic mass is 10.3. The zero-order chi connectivity index (χ0) is 13.4. The monoisotopic (exact) mass is 256 g/mol. The van der Waals surface area contributed by atoms with Crippen LogP contribution in [0.15, 0.2) is 6.20 Å². The van der Waals surface area contributed by atoms with E-state index < -0.39 is 5.97 Å². The Morgan fingerprint density at radius 1 is 1.50 bits per heavy atom. The number of amides is 2. The molecule has 0 fully saturated rings. The number of carboxylic acids is 1. The molecule has 0 atom stereocenters. The van der Waals surface area contributed by atoms with E-state index in [1.54, 1.807) is 6.20 Å². The van der Waals surface area contributed by atoms with E-state index in [2.05, 4.69) is 20.8 Å². The van der Waals surface area contributed by atoms with Gasteiger partial charge in [-0.1, -0.05) is 0 Å². The van der Waals surface area contributed by atoms with Gasteiger partial charge in [0.15, 0.2) is 0 Å². The molecule has 0 saturated carbocycles. The maximum absolute atomic E-state index is 11.3. The summed E-state index contributed by atoms with van der Waals surface area (Å²) in [7, 11) is 0.